The second-order valence-electron chi connectivity index (χ2n) is 8.35. The van der Waals surface area contributed by atoms with Gasteiger partial charge < -0.3 is 26.2 Å². The van der Waals surface area contributed by atoms with Crippen LogP contribution in [-0.2, 0) is 11.2 Å². The Bertz CT molecular complexity index is 1510. The average molecular weight is 561 g/mol. The molecule has 0 aliphatic carbocycles. The number of anilines is 2. The Balaban J connectivity index is 0.00000420. The predicted octanol–water partition coefficient (Wildman–Crippen LogP) is 3.94. The van der Waals surface area contributed by atoms with Gasteiger partial charge >= 0.3 is 5.97 Å². The fraction of sp³-hybridized carbons (Fsp3) is 0.231. The van der Waals surface area contributed by atoms with Crippen molar-refractivity contribution in [1.29, 1.82) is 0 Å². The zero-order valence-electron chi connectivity index (χ0n) is 21.1. The number of carbonyl (C=O) groups excluding carboxylic acids is 1. The standard InChI is InChI=1S/C26H26F2N6O4.ClH/c1-3-14-12-15(4-5-16(14)25(35)33-18(8-9-29)26(36)37)32-23-24-31-13-19(34(24)11-10-30-23)17-6-7-20(38-2)22(28)21(17)27;/h4-7,10-13,18H,3,8-9,29H2,1-2H3,(H,30,32)(H,33,35)(H,36,37);1H. The molecule has 1 unspecified atom stereocenters. The first-order valence-electron chi connectivity index (χ1n) is 11.8. The van der Waals surface area contributed by atoms with E-state index in [-0.39, 0.29) is 36.7 Å². The minimum absolute atomic E-state index is 0. The van der Waals surface area contributed by atoms with Gasteiger partial charge in [0.25, 0.3) is 5.91 Å². The highest BCUT2D eigenvalue weighted by Gasteiger charge is 2.22. The van der Waals surface area contributed by atoms with Gasteiger partial charge in [-0.1, -0.05) is 6.92 Å². The van der Waals surface area contributed by atoms with Crippen LogP contribution in [0.5, 0.6) is 5.75 Å². The summed E-state index contributed by atoms with van der Waals surface area (Å²) in [6, 6.07) is 6.65. The molecule has 39 heavy (non-hydrogen) atoms. The minimum Gasteiger partial charge on any atom is -0.494 e. The third-order valence-corrected chi connectivity index (χ3v) is 6.02. The highest BCUT2D eigenvalue weighted by Crippen LogP contribution is 2.31. The van der Waals surface area contributed by atoms with Gasteiger partial charge in [-0.2, -0.15) is 4.39 Å². The number of carboxylic acids is 1. The maximum absolute atomic E-state index is 14.7. The zero-order chi connectivity index (χ0) is 27.4. The van der Waals surface area contributed by atoms with Gasteiger partial charge in [-0.05, 0) is 55.3 Å². The van der Waals surface area contributed by atoms with Gasteiger partial charge in [0.15, 0.2) is 23.0 Å². The van der Waals surface area contributed by atoms with Crippen molar-refractivity contribution < 1.29 is 28.2 Å². The molecule has 2 aromatic carbocycles. The van der Waals surface area contributed by atoms with Crippen molar-refractivity contribution >= 4 is 41.4 Å². The number of nitrogens with one attached hydrogen (secondary N) is 2. The molecule has 0 radical (unpaired) electrons. The number of aliphatic carboxylic acids is 1. The number of amides is 1. The van der Waals surface area contributed by atoms with Crippen LogP contribution in [0.3, 0.4) is 0 Å². The van der Waals surface area contributed by atoms with E-state index >= 15 is 0 Å². The lowest BCUT2D eigenvalue weighted by atomic mass is 10.0. The maximum atomic E-state index is 14.7. The number of hydrogen-bond donors (Lipinski definition) is 4. The Hall–Kier alpha value is -4.29. The average Bonchev–Trinajstić information content (AvgIpc) is 3.34. The molecule has 2 aromatic heterocycles. The van der Waals surface area contributed by atoms with Gasteiger partial charge in [-0.15, -0.1) is 12.4 Å². The maximum Gasteiger partial charge on any atom is 0.326 e. The van der Waals surface area contributed by atoms with Gasteiger partial charge in [0.05, 0.1) is 19.0 Å². The molecule has 0 saturated heterocycles. The van der Waals surface area contributed by atoms with Crippen molar-refractivity contribution in [3.63, 3.8) is 0 Å². The number of halogens is 3. The number of benzene rings is 2. The van der Waals surface area contributed by atoms with E-state index in [1.54, 1.807) is 28.8 Å². The predicted molar refractivity (Wildman–Crippen MR) is 144 cm³/mol. The smallest absolute Gasteiger partial charge is 0.326 e. The molecular formula is C26H27ClF2N6O4. The van der Waals surface area contributed by atoms with E-state index < -0.39 is 29.6 Å². The number of ether oxygens (including phenoxy) is 1. The van der Waals surface area contributed by atoms with Crippen LogP contribution in [0, 0.1) is 11.6 Å². The molecule has 10 nitrogen and oxygen atoms in total. The first-order valence-corrected chi connectivity index (χ1v) is 11.8. The fourth-order valence-electron chi connectivity index (χ4n) is 4.08. The summed E-state index contributed by atoms with van der Waals surface area (Å²) in [5, 5.41) is 15.0. The van der Waals surface area contributed by atoms with Crippen LogP contribution in [0.15, 0.2) is 48.9 Å². The van der Waals surface area contributed by atoms with E-state index in [9.17, 15) is 23.5 Å². The Kier molecular flexibility index (Phi) is 9.38. The monoisotopic (exact) mass is 560 g/mol. The molecule has 0 fully saturated rings. The number of hydrogen-bond acceptors (Lipinski definition) is 7. The molecule has 206 valence electrons. The molecule has 4 rings (SSSR count). The van der Waals surface area contributed by atoms with Crippen molar-refractivity contribution in [3.05, 3.63) is 71.7 Å². The van der Waals surface area contributed by atoms with Crippen molar-refractivity contribution in [2.75, 3.05) is 19.0 Å². The number of aromatic nitrogens is 3. The summed E-state index contributed by atoms with van der Waals surface area (Å²) < 4.78 is 35.5. The first-order chi connectivity index (χ1) is 18.3. The van der Waals surface area contributed by atoms with Crippen LogP contribution in [0.4, 0.5) is 20.3 Å². The number of methoxy groups -OCH3 is 1. The minimum atomic E-state index is -1.16. The summed E-state index contributed by atoms with van der Waals surface area (Å²) in [6.45, 7) is 1.99. The summed E-state index contributed by atoms with van der Waals surface area (Å²) in [5.74, 6) is -3.68. The zero-order valence-corrected chi connectivity index (χ0v) is 21.9. The Labute approximate surface area is 228 Å². The topological polar surface area (TPSA) is 144 Å². The number of nitrogens with two attached hydrogens (primary N) is 1. The second-order valence-corrected chi connectivity index (χ2v) is 8.35. The molecule has 0 bridgehead atoms. The molecule has 4 aromatic rings. The molecule has 2 heterocycles. The lowest BCUT2D eigenvalue weighted by molar-refractivity contribution is -0.139. The van der Waals surface area contributed by atoms with Gasteiger partial charge in [0.2, 0.25) is 5.82 Å². The molecule has 13 heteroatoms. The third kappa shape index (κ3) is 5.91. The molecule has 1 amide bonds. The summed E-state index contributed by atoms with van der Waals surface area (Å²) in [4.78, 5) is 32.8. The fourth-order valence-corrected chi connectivity index (χ4v) is 4.08. The Morgan fingerprint density at radius 3 is 2.62 bits per heavy atom. The number of rotatable bonds is 10. The molecule has 0 aliphatic heterocycles. The largest absolute Gasteiger partial charge is 0.494 e. The third-order valence-electron chi connectivity index (χ3n) is 6.02. The van der Waals surface area contributed by atoms with E-state index in [0.29, 0.717) is 40.4 Å². The molecular weight excluding hydrogens is 534 g/mol. The van der Waals surface area contributed by atoms with E-state index in [4.69, 9.17) is 10.5 Å². The summed E-state index contributed by atoms with van der Waals surface area (Å²) in [7, 11) is 1.26. The van der Waals surface area contributed by atoms with Gasteiger partial charge in [-0.3, -0.25) is 9.20 Å². The number of aryl methyl sites for hydroxylation is 1. The summed E-state index contributed by atoms with van der Waals surface area (Å²) in [5.41, 5.74) is 7.76. The van der Waals surface area contributed by atoms with E-state index in [1.165, 1.54) is 31.6 Å². The Morgan fingerprint density at radius 2 is 1.95 bits per heavy atom. The highest BCUT2D eigenvalue weighted by atomic mass is 35.5. The van der Waals surface area contributed by atoms with Crippen molar-refractivity contribution in [3.8, 4) is 17.0 Å². The van der Waals surface area contributed by atoms with Crippen LogP contribution in [0.2, 0.25) is 0 Å². The van der Waals surface area contributed by atoms with Gasteiger partial charge in [0, 0.05) is 29.2 Å². The Morgan fingerprint density at radius 1 is 1.18 bits per heavy atom. The highest BCUT2D eigenvalue weighted by molar-refractivity contribution is 5.98. The quantitative estimate of drug-likeness (QED) is 0.228. The van der Waals surface area contributed by atoms with Crippen LogP contribution in [-0.4, -0.2) is 51.0 Å². The lowest BCUT2D eigenvalue weighted by Crippen LogP contribution is -2.42. The SMILES string of the molecule is CCc1cc(Nc2nccn3c(-c4ccc(OC)c(F)c4F)cnc23)ccc1C(=O)NC(CCN)C(=O)O.Cl. The van der Waals surface area contributed by atoms with Crippen LogP contribution in [0.25, 0.3) is 16.9 Å². The molecule has 0 aliphatic rings. The van der Waals surface area contributed by atoms with E-state index in [0.717, 1.165) is 0 Å². The summed E-state index contributed by atoms with van der Waals surface area (Å²) in [6.07, 6.45) is 5.09. The second kappa shape index (κ2) is 12.5. The van der Waals surface area contributed by atoms with Crippen LogP contribution < -0.4 is 21.1 Å². The van der Waals surface area contributed by atoms with Crippen molar-refractivity contribution in [2.45, 2.75) is 25.8 Å². The van der Waals surface area contributed by atoms with Crippen LogP contribution in [0.1, 0.15) is 29.3 Å². The number of fused-ring (bicyclic) bond motifs is 1. The molecule has 1 atom stereocenters. The van der Waals surface area contributed by atoms with Crippen molar-refractivity contribution in [1.82, 2.24) is 19.7 Å². The molecule has 0 spiro atoms. The molecule has 0 saturated carbocycles. The number of nitrogens with zero attached hydrogens (tertiary/aromatic N) is 3. The molecule has 5 N–H and O–H groups in total. The number of imidazole rings is 1. The van der Waals surface area contributed by atoms with Gasteiger partial charge in [0.1, 0.15) is 6.04 Å². The summed E-state index contributed by atoms with van der Waals surface area (Å²) >= 11 is 0. The number of carbonyl (C=O) groups is 2. The number of carboxylic acid groups (broad SMARTS) is 1. The van der Waals surface area contributed by atoms with E-state index in [1.807, 2.05) is 6.92 Å². The lowest BCUT2D eigenvalue weighted by Gasteiger charge is -2.16. The first kappa shape index (κ1) is 29.3. The van der Waals surface area contributed by atoms with E-state index in [2.05, 4.69) is 20.6 Å². The normalized spacial score (nSPS) is 11.5. The van der Waals surface area contributed by atoms with Crippen molar-refractivity contribution in [2.24, 2.45) is 5.73 Å². The van der Waals surface area contributed by atoms with Crippen LogP contribution >= 0.6 is 12.4 Å². The van der Waals surface area contributed by atoms with Gasteiger partial charge in [-0.25, -0.2) is 19.2 Å².